The van der Waals surface area contributed by atoms with Gasteiger partial charge in [0, 0.05) is 19.6 Å². The molecule has 0 saturated carbocycles. The molecule has 0 spiro atoms. The molecule has 4 rings (SSSR count). The molecule has 3 amide bonds. The van der Waals surface area contributed by atoms with Crippen LogP contribution in [0.15, 0.2) is 54.9 Å². The van der Waals surface area contributed by atoms with Crippen LogP contribution >= 0.6 is 0 Å². The Labute approximate surface area is 214 Å². The summed E-state index contributed by atoms with van der Waals surface area (Å²) in [5.74, 6) is -0.892. The van der Waals surface area contributed by atoms with E-state index in [4.69, 9.17) is 4.74 Å². The standard InChI is InChI=1S/C27H30FN5O4/c1-4-13-33-25(35)23-22(24(34)29-14-19-7-11-21(37-3)12-8-19)31-17-32(23)16-27(33,2)26(36)30-15-18-5-9-20(28)10-6-18/h5-12,17H,4,13-16H2,1-3H3,(H,29,34)(H,30,36)/t27-/m1/s1. The smallest absolute Gasteiger partial charge is 0.273 e. The molecule has 1 aliphatic heterocycles. The van der Waals surface area contributed by atoms with E-state index < -0.39 is 17.4 Å². The maximum Gasteiger partial charge on any atom is 0.273 e. The van der Waals surface area contributed by atoms with E-state index in [1.54, 1.807) is 42.9 Å². The second-order valence-corrected chi connectivity index (χ2v) is 9.14. The predicted molar refractivity (Wildman–Crippen MR) is 134 cm³/mol. The van der Waals surface area contributed by atoms with Gasteiger partial charge in [-0.15, -0.1) is 0 Å². The van der Waals surface area contributed by atoms with Crippen molar-refractivity contribution in [2.75, 3.05) is 13.7 Å². The second kappa shape index (κ2) is 10.8. The number of rotatable bonds is 9. The minimum Gasteiger partial charge on any atom is -0.497 e. The van der Waals surface area contributed by atoms with Crippen LogP contribution in [0.25, 0.3) is 0 Å². The number of hydrogen-bond donors (Lipinski definition) is 2. The second-order valence-electron chi connectivity index (χ2n) is 9.14. The average molecular weight is 508 g/mol. The van der Waals surface area contributed by atoms with Gasteiger partial charge >= 0.3 is 0 Å². The molecule has 0 unspecified atom stereocenters. The zero-order valence-electron chi connectivity index (χ0n) is 21.1. The quantitative estimate of drug-likeness (QED) is 0.463. The van der Waals surface area contributed by atoms with Crippen molar-refractivity contribution in [3.05, 3.63) is 83.2 Å². The number of fused-ring (bicyclic) bond motifs is 1. The normalized spacial score (nSPS) is 16.8. The molecule has 0 fully saturated rings. The first kappa shape index (κ1) is 25.9. The molecule has 2 heterocycles. The van der Waals surface area contributed by atoms with E-state index in [0.29, 0.717) is 18.7 Å². The summed E-state index contributed by atoms with van der Waals surface area (Å²) in [6, 6.07) is 13.1. The summed E-state index contributed by atoms with van der Waals surface area (Å²) in [4.78, 5) is 45.7. The lowest BCUT2D eigenvalue weighted by Crippen LogP contribution is -2.64. The molecule has 0 aliphatic carbocycles. The largest absolute Gasteiger partial charge is 0.497 e. The number of hydrogen-bond acceptors (Lipinski definition) is 5. The molecule has 1 aromatic heterocycles. The van der Waals surface area contributed by atoms with Crippen LogP contribution in [0, 0.1) is 5.82 Å². The third kappa shape index (κ3) is 5.32. The first-order chi connectivity index (χ1) is 17.8. The van der Waals surface area contributed by atoms with E-state index in [0.717, 1.165) is 11.1 Å². The van der Waals surface area contributed by atoms with Crippen LogP contribution in [0.4, 0.5) is 4.39 Å². The van der Waals surface area contributed by atoms with E-state index in [9.17, 15) is 18.8 Å². The van der Waals surface area contributed by atoms with Crippen molar-refractivity contribution >= 4 is 17.7 Å². The van der Waals surface area contributed by atoms with Crippen LogP contribution < -0.4 is 15.4 Å². The Balaban J connectivity index is 1.51. The molecule has 0 bridgehead atoms. The van der Waals surface area contributed by atoms with Crippen LogP contribution in [0.3, 0.4) is 0 Å². The number of ether oxygens (including phenoxy) is 1. The van der Waals surface area contributed by atoms with Crippen LogP contribution in [0.5, 0.6) is 5.75 Å². The molecule has 0 radical (unpaired) electrons. The number of benzene rings is 2. The molecule has 0 saturated heterocycles. The minimum absolute atomic E-state index is 0.0217. The number of carbonyl (C=O) groups is 3. The van der Waals surface area contributed by atoms with Gasteiger partial charge in [-0.2, -0.15) is 0 Å². The Morgan fingerprint density at radius 2 is 1.68 bits per heavy atom. The Hall–Kier alpha value is -4.21. The number of aromatic nitrogens is 2. The molecule has 9 nitrogen and oxygen atoms in total. The van der Waals surface area contributed by atoms with Crippen LogP contribution in [-0.4, -0.2) is 51.4 Å². The number of nitrogens with zero attached hydrogens (tertiary/aromatic N) is 3. The summed E-state index contributed by atoms with van der Waals surface area (Å²) in [7, 11) is 1.58. The summed E-state index contributed by atoms with van der Waals surface area (Å²) in [5, 5.41) is 5.68. The first-order valence-corrected chi connectivity index (χ1v) is 12.1. The summed E-state index contributed by atoms with van der Waals surface area (Å²) in [6.45, 7) is 4.54. The third-order valence-electron chi connectivity index (χ3n) is 6.49. The lowest BCUT2D eigenvalue weighted by molar-refractivity contribution is -0.133. The monoisotopic (exact) mass is 507 g/mol. The lowest BCUT2D eigenvalue weighted by Gasteiger charge is -2.43. The van der Waals surface area contributed by atoms with Gasteiger partial charge in [-0.25, -0.2) is 9.37 Å². The molecule has 194 valence electrons. The van der Waals surface area contributed by atoms with E-state index in [2.05, 4.69) is 15.6 Å². The van der Waals surface area contributed by atoms with E-state index in [1.165, 1.54) is 23.4 Å². The molecule has 2 N–H and O–H groups in total. The van der Waals surface area contributed by atoms with Crippen molar-refractivity contribution in [2.24, 2.45) is 0 Å². The number of amides is 3. The van der Waals surface area contributed by atoms with Gasteiger partial charge in [0.05, 0.1) is 20.0 Å². The fraction of sp³-hybridized carbons (Fsp3) is 0.333. The SMILES string of the molecule is CCCN1C(=O)c2c(C(=O)NCc3ccc(OC)cc3)ncn2C[C@]1(C)C(=O)NCc1ccc(F)cc1. The maximum absolute atomic E-state index is 13.6. The highest BCUT2D eigenvalue weighted by atomic mass is 19.1. The lowest BCUT2D eigenvalue weighted by atomic mass is 9.94. The third-order valence-corrected chi connectivity index (χ3v) is 6.49. The summed E-state index contributed by atoms with van der Waals surface area (Å²) < 4.78 is 19.9. The molecule has 2 aromatic carbocycles. The van der Waals surface area contributed by atoms with Crippen LogP contribution in [0.1, 0.15) is 52.4 Å². The predicted octanol–water partition coefficient (Wildman–Crippen LogP) is 2.90. The topological polar surface area (TPSA) is 106 Å². The molecule has 37 heavy (non-hydrogen) atoms. The molecule has 10 heteroatoms. The Bertz CT molecular complexity index is 1290. The number of imidazole rings is 1. The van der Waals surface area contributed by atoms with Crippen molar-refractivity contribution < 1.29 is 23.5 Å². The van der Waals surface area contributed by atoms with Crippen molar-refractivity contribution in [3.63, 3.8) is 0 Å². The highest BCUT2D eigenvalue weighted by Gasteiger charge is 2.48. The van der Waals surface area contributed by atoms with Crippen molar-refractivity contribution in [1.82, 2.24) is 25.1 Å². The van der Waals surface area contributed by atoms with Gasteiger partial charge in [0.15, 0.2) is 5.69 Å². The fourth-order valence-corrected chi connectivity index (χ4v) is 4.41. The Morgan fingerprint density at radius 1 is 1.05 bits per heavy atom. The summed E-state index contributed by atoms with van der Waals surface area (Å²) in [5.41, 5.74) is 0.587. The van der Waals surface area contributed by atoms with Crippen molar-refractivity contribution in [2.45, 2.75) is 45.4 Å². The summed E-state index contributed by atoms with van der Waals surface area (Å²) in [6.07, 6.45) is 2.05. The van der Waals surface area contributed by atoms with Crippen molar-refractivity contribution in [3.8, 4) is 5.75 Å². The van der Waals surface area contributed by atoms with Gasteiger partial charge < -0.3 is 24.8 Å². The highest BCUT2D eigenvalue weighted by Crippen LogP contribution is 2.29. The van der Waals surface area contributed by atoms with Gasteiger partial charge in [-0.3, -0.25) is 14.4 Å². The molecule has 3 aromatic rings. The number of carbonyl (C=O) groups excluding carboxylic acids is 3. The number of methoxy groups -OCH3 is 1. The number of nitrogens with one attached hydrogen (secondary N) is 2. The van der Waals surface area contributed by atoms with E-state index >= 15 is 0 Å². The highest BCUT2D eigenvalue weighted by molar-refractivity contribution is 6.07. The molecule has 1 atom stereocenters. The maximum atomic E-state index is 13.6. The fourth-order valence-electron chi connectivity index (χ4n) is 4.41. The first-order valence-electron chi connectivity index (χ1n) is 12.1. The Morgan fingerprint density at radius 3 is 2.30 bits per heavy atom. The molecule has 1 aliphatic rings. The van der Waals surface area contributed by atoms with Crippen LogP contribution in [0.2, 0.25) is 0 Å². The molecular weight excluding hydrogens is 477 g/mol. The summed E-state index contributed by atoms with van der Waals surface area (Å²) >= 11 is 0. The van der Waals surface area contributed by atoms with Gasteiger partial charge in [0.2, 0.25) is 5.91 Å². The van der Waals surface area contributed by atoms with Gasteiger partial charge in [-0.05, 0) is 48.7 Å². The van der Waals surface area contributed by atoms with Gasteiger partial charge in [0.25, 0.3) is 11.8 Å². The van der Waals surface area contributed by atoms with E-state index in [-0.39, 0.29) is 42.7 Å². The van der Waals surface area contributed by atoms with E-state index in [1.807, 2.05) is 19.1 Å². The Kier molecular flexibility index (Phi) is 7.56. The van der Waals surface area contributed by atoms with Crippen molar-refractivity contribution in [1.29, 1.82) is 0 Å². The van der Waals surface area contributed by atoms with Crippen LogP contribution in [-0.2, 0) is 24.4 Å². The number of halogens is 1. The average Bonchev–Trinajstić information content (AvgIpc) is 3.33. The van der Waals surface area contributed by atoms with Gasteiger partial charge in [-0.1, -0.05) is 31.2 Å². The van der Waals surface area contributed by atoms with Gasteiger partial charge in [0.1, 0.15) is 22.8 Å². The zero-order chi connectivity index (χ0) is 26.6. The zero-order valence-corrected chi connectivity index (χ0v) is 21.1. The minimum atomic E-state index is -1.20. The molecular formula is C27H30FN5O4.